The maximum atomic E-state index is 13.4. The second-order valence-electron chi connectivity index (χ2n) is 2.75. The zero-order valence-electron chi connectivity index (χ0n) is 7.17. The predicted molar refractivity (Wildman–Crippen MR) is 51.8 cm³/mol. The van der Waals surface area contributed by atoms with Gasteiger partial charge in [0.25, 0.3) is 0 Å². The molecule has 4 nitrogen and oxygen atoms in total. The quantitative estimate of drug-likeness (QED) is 0.860. The van der Waals surface area contributed by atoms with E-state index in [0.717, 1.165) is 23.0 Å². The van der Waals surface area contributed by atoms with Crippen LogP contribution < -0.4 is 5.69 Å². The van der Waals surface area contributed by atoms with Gasteiger partial charge in [-0.05, 0) is 12.1 Å². The van der Waals surface area contributed by atoms with Crippen LogP contribution in [0.15, 0.2) is 27.7 Å². The van der Waals surface area contributed by atoms with Crippen LogP contribution in [0.1, 0.15) is 0 Å². The summed E-state index contributed by atoms with van der Waals surface area (Å²) in [5.41, 5.74) is -1.15. The molecule has 0 aliphatic rings. The highest BCUT2D eigenvalue weighted by Crippen LogP contribution is 2.21. The zero-order chi connectivity index (χ0) is 11.0. The summed E-state index contributed by atoms with van der Waals surface area (Å²) in [6.07, 6.45) is 1.01. The summed E-state index contributed by atoms with van der Waals surface area (Å²) in [5, 5.41) is 5.43. The third-order valence-electron chi connectivity index (χ3n) is 1.77. The SMILES string of the molecule is O=c1[nH]ncn1-c1c(F)cc(Br)cc1F. The Bertz CT molecular complexity index is 540. The van der Waals surface area contributed by atoms with Gasteiger partial charge in [-0.2, -0.15) is 5.10 Å². The average molecular weight is 276 g/mol. The van der Waals surface area contributed by atoms with Crippen molar-refractivity contribution in [2.75, 3.05) is 0 Å². The molecule has 0 aliphatic carbocycles. The molecule has 0 radical (unpaired) electrons. The van der Waals surface area contributed by atoms with Crippen molar-refractivity contribution in [3.63, 3.8) is 0 Å². The molecule has 0 amide bonds. The highest BCUT2D eigenvalue weighted by molar-refractivity contribution is 9.10. The smallest absolute Gasteiger partial charge is 0.246 e. The van der Waals surface area contributed by atoms with E-state index in [2.05, 4.69) is 21.0 Å². The molecule has 1 aromatic carbocycles. The minimum atomic E-state index is -0.842. The summed E-state index contributed by atoms with van der Waals surface area (Å²) in [4.78, 5) is 11.1. The highest BCUT2D eigenvalue weighted by Gasteiger charge is 2.14. The number of benzene rings is 1. The number of hydrogen-bond donors (Lipinski definition) is 1. The number of halogens is 3. The lowest BCUT2D eigenvalue weighted by Gasteiger charge is -2.04. The van der Waals surface area contributed by atoms with Gasteiger partial charge in [0.2, 0.25) is 0 Å². The first-order valence-corrected chi connectivity index (χ1v) is 4.66. The standard InChI is InChI=1S/C8H4BrF2N3O/c9-4-1-5(10)7(6(11)2-4)14-3-12-13-8(14)15/h1-3H,(H,13,15). The van der Waals surface area contributed by atoms with Crippen molar-refractivity contribution in [1.82, 2.24) is 14.8 Å². The molecule has 0 saturated heterocycles. The van der Waals surface area contributed by atoms with Gasteiger partial charge in [-0.25, -0.2) is 23.2 Å². The second-order valence-corrected chi connectivity index (χ2v) is 3.67. The van der Waals surface area contributed by atoms with Gasteiger partial charge in [0, 0.05) is 4.47 Å². The van der Waals surface area contributed by atoms with Crippen molar-refractivity contribution >= 4 is 15.9 Å². The van der Waals surface area contributed by atoms with E-state index in [1.54, 1.807) is 0 Å². The number of aromatic amines is 1. The van der Waals surface area contributed by atoms with Crippen molar-refractivity contribution in [3.05, 3.63) is 45.1 Å². The molecule has 1 aromatic heterocycles. The molecule has 0 atom stereocenters. The van der Waals surface area contributed by atoms with E-state index in [1.165, 1.54) is 0 Å². The van der Waals surface area contributed by atoms with E-state index in [-0.39, 0.29) is 4.47 Å². The second kappa shape index (κ2) is 3.58. The fraction of sp³-hybridized carbons (Fsp3) is 0. The Morgan fingerprint density at radius 2 is 1.93 bits per heavy atom. The summed E-state index contributed by atoms with van der Waals surface area (Å²) >= 11 is 2.94. The van der Waals surface area contributed by atoms with Gasteiger partial charge < -0.3 is 0 Å². The molecule has 0 spiro atoms. The van der Waals surface area contributed by atoms with Crippen molar-refractivity contribution in [3.8, 4) is 5.69 Å². The molecule has 0 fully saturated rings. The number of aromatic nitrogens is 3. The van der Waals surface area contributed by atoms with Crippen LogP contribution in [0.5, 0.6) is 0 Å². The maximum absolute atomic E-state index is 13.4. The van der Waals surface area contributed by atoms with E-state index in [9.17, 15) is 13.6 Å². The van der Waals surface area contributed by atoms with E-state index < -0.39 is 23.0 Å². The molecule has 1 heterocycles. The molecule has 15 heavy (non-hydrogen) atoms. The van der Waals surface area contributed by atoms with Crippen LogP contribution in [-0.4, -0.2) is 14.8 Å². The monoisotopic (exact) mass is 275 g/mol. The molecule has 2 aromatic rings. The minimum absolute atomic E-state index is 0.262. The number of H-pyrrole nitrogens is 1. The summed E-state index contributed by atoms with van der Waals surface area (Å²) in [6, 6.07) is 2.13. The van der Waals surface area contributed by atoms with E-state index in [1.807, 2.05) is 5.10 Å². The lowest BCUT2D eigenvalue weighted by atomic mass is 10.3. The van der Waals surface area contributed by atoms with Gasteiger partial charge in [-0.3, -0.25) is 0 Å². The molecule has 0 aliphatic heterocycles. The molecule has 7 heteroatoms. The number of hydrogen-bond acceptors (Lipinski definition) is 2. The minimum Gasteiger partial charge on any atom is -0.246 e. The third-order valence-corrected chi connectivity index (χ3v) is 2.23. The van der Waals surface area contributed by atoms with E-state index in [4.69, 9.17) is 0 Å². The van der Waals surface area contributed by atoms with Gasteiger partial charge >= 0.3 is 5.69 Å². The van der Waals surface area contributed by atoms with Crippen molar-refractivity contribution in [1.29, 1.82) is 0 Å². The average Bonchev–Trinajstić information content (AvgIpc) is 2.50. The van der Waals surface area contributed by atoms with Crippen molar-refractivity contribution in [2.45, 2.75) is 0 Å². The maximum Gasteiger partial charge on any atom is 0.347 e. The van der Waals surface area contributed by atoms with Crippen molar-refractivity contribution in [2.24, 2.45) is 0 Å². The van der Waals surface area contributed by atoms with Gasteiger partial charge in [-0.15, -0.1) is 0 Å². The van der Waals surface area contributed by atoms with E-state index >= 15 is 0 Å². The molecule has 1 N–H and O–H groups in total. The Labute approximate surface area is 90.7 Å². The van der Waals surface area contributed by atoms with Gasteiger partial charge in [-0.1, -0.05) is 15.9 Å². The Morgan fingerprint density at radius 3 is 2.40 bits per heavy atom. The van der Waals surface area contributed by atoms with Gasteiger partial charge in [0.1, 0.15) is 12.0 Å². The van der Waals surface area contributed by atoms with Crippen LogP contribution >= 0.6 is 15.9 Å². The number of rotatable bonds is 1. The fourth-order valence-electron chi connectivity index (χ4n) is 1.17. The topological polar surface area (TPSA) is 50.7 Å². The summed E-state index contributed by atoms with van der Waals surface area (Å²) in [6.45, 7) is 0. The largest absolute Gasteiger partial charge is 0.347 e. The normalized spacial score (nSPS) is 10.6. The first kappa shape index (κ1) is 10.0. The lowest BCUT2D eigenvalue weighted by molar-refractivity contribution is 0.565. The molecule has 0 bridgehead atoms. The fourth-order valence-corrected chi connectivity index (χ4v) is 1.57. The predicted octanol–water partition coefficient (Wildman–Crippen LogP) is 1.60. The molecule has 78 valence electrons. The molecular weight excluding hydrogens is 272 g/mol. The van der Waals surface area contributed by atoms with Gasteiger partial charge in [0.15, 0.2) is 11.6 Å². The van der Waals surface area contributed by atoms with Crippen LogP contribution in [0.25, 0.3) is 5.69 Å². The van der Waals surface area contributed by atoms with Crippen LogP contribution in [0.4, 0.5) is 8.78 Å². The first-order valence-electron chi connectivity index (χ1n) is 3.86. The Morgan fingerprint density at radius 1 is 1.33 bits per heavy atom. The third kappa shape index (κ3) is 1.70. The zero-order valence-corrected chi connectivity index (χ0v) is 8.75. The molecule has 0 unspecified atom stereocenters. The summed E-state index contributed by atoms with van der Waals surface area (Å²) in [5.74, 6) is -1.68. The molecular formula is C8H4BrF2N3O. The number of nitrogens with one attached hydrogen (secondary N) is 1. The highest BCUT2D eigenvalue weighted by atomic mass is 79.9. The number of nitrogens with zero attached hydrogens (tertiary/aromatic N) is 2. The van der Waals surface area contributed by atoms with Crippen LogP contribution in [0, 0.1) is 11.6 Å². The van der Waals surface area contributed by atoms with Gasteiger partial charge in [0.05, 0.1) is 0 Å². The molecule has 2 rings (SSSR count). The van der Waals surface area contributed by atoms with Crippen LogP contribution in [0.3, 0.4) is 0 Å². The van der Waals surface area contributed by atoms with E-state index in [0.29, 0.717) is 0 Å². The Kier molecular flexibility index (Phi) is 2.39. The summed E-state index contributed by atoms with van der Waals surface area (Å²) < 4.78 is 27.8. The Hall–Kier alpha value is -1.50. The summed E-state index contributed by atoms with van der Waals surface area (Å²) in [7, 11) is 0. The van der Waals surface area contributed by atoms with Crippen LogP contribution in [-0.2, 0) is 0 Å². The lowest BCUT2D eigenvalue weighted by Crippen LogP contribution is -2.16. The van der Waals surface area contributed by atoms with Crippen LogP contribution in [0.2, 0.25) is 0 Å². The molecule has 0 saturated carbocycles. The van der Waals surface area contributed by atoms with Crippen molar-refractivity contribution < 1.29 is 8.78 Å². The Balaban J connectivity index is 2.74. The first-order chi connectivity index (χ1) is 7.09.